The molecule has 1 heterocycles. The van der Waals surface area contributed by atoms with Crippen molar-refractivity contribution >= 4 is 0 Å². The summed E-state index contributed by atoms with van der Waals surface area (Å²) in [5.74, 6) is 3.31. The number of likely N-dealkylation sites (tertiary alicyclic amines) is 1. The van der Waals surface area contributed by atoms with Gasteiger partial charge >= 0.3 is 0 Å². The molecule has 0 radical (unpaired) electrons. The van der Waals surface area contributed by atoms with Crippen molar-refractivity contribution in [1.29, 1.82) is 0 Å². The van der Waals surface area contributed by atoms with Gasteiger partial charge in [0.2, 0.25) is 0 Å². The molecule has 2 nitrogen and oxygen atoms in total. The van der Waals surface area contributed by atoms with E-state index in [2.05, 4.69) is 39.5 Å². The zero-order chi connectivity index (χ0) is 15.6. The van der Waals surface area contributed by atoms with Crippen LogP contribution in [-0.2, 0) is 0 Å². The molecule has 124 valence electrons. The van der Waals surface area contributed by atoms with Crippen molar-refractivity contribution in [1.82, 2.24) is 4.90 Å². The smallest absolute Gasteiger partial charge is 0.0139 e. The van der Waals surface area contributed by atoms with Gasteiger partial charge in [0.1, 0.15) is 0 Å². The molecule has 1 aliphatic heterocycles. The molecule has 2 heteroatoms. The summed E-state index contributed by atoms with van der Waals surface area (Å²) in [6, 6.07) is 0.741. The first-order valence-electron chi connectivity index (χ1n) is 9.31. The third-order valence-electron chi connectivity index (χ3n) is 6.64. The summed E-state index contributed by atoms with van der Waals surface area (Å²) >= 11 is 0. The highest BCUT2D eigenvalue weighted by Gasteiger charge is 2.40. The van der Waals surface area contributed by atoms with Gasteiger partial charge < -0.3 is 5.73 Å². The van der Waals surface area contributed by atoms with Crippen molar-refractivity contribution in [2.75, 3.05) is 19.6 Å². The normalized spacial score (nSPS) is 39.4. The molecule has 1 saturated heterocycles. The van der Waals surface area contributed by atoms with Crippen LogP contribution < -0.4 is 5.73 Å². The van der Waals surface area contributed by atoms with Crippen LogP contribution in [-0.4, -0.2) is 30.6 Å². The molecule has 5 atom stereocenters. The van der Waals surface area contributed by atoms with E-state index in [0.29, 0.717) is 5.41 Å². The van der Waals surface area contributed by atoms with Gasteiger partial charge in [0.25, 0.3) is 0 Å². The Hall–Kier alpha value is -0.0800. The zero-order valence-electron chi connectivity index (χ0n) is 15.1. The molecule has 0 amide bonds. The van der Waals surface area contributed by atoms with Crippen LogP contribution in [0.5, 0.6) is 0 Å². The molecule has 21 heavy (non-hydrogen) atoms. The molecule has 0 aromatic rings. The van der Waals surface area contributed by atoms with E-state index < -0.39 is 0 Å². The first kappa shape index (κ1) is 17.3. The molecule has 2 rings (SSSR count). The van der Waals surface area contributed by atoms with E-state index in [-0.39, 0.29) is 0 Å². The lowest BCUT2D eigenvalue weighted by atomic mass is 9.65. The summed E-state index contributed by atoms with van der Waals surface area (Å²) in [5.41, 5.74) is 6.62. The SMILES string of the molecule is CCC(C)(C)C1CCC(CN)C(N2CC(C)CC(C)C2)C1. The van der Waals surface area contributed by atoms with Crippen LogP contribution in [0.4, 0.5) is 0 Å². The minimum absolute atomic E-state index is 0.491. The topological polar surface area (TPSA) is 29.3 Å². The molecule has 1 aliphatic carbocycles. The van der Waals surface area contributed by atoms with Gasteiger partial charge in [0.05, 0.1) is 0 Å². The van der Waals surface area contributed by atoms with Gasteiger partial charge in [-0.3, -0.25) is 4.90 Å². The van der Waals surface area contributed by atoms with E-state index >= 15 is 0 Å². The van der Waals surface area contributed by atoms with Crippen LogP contribution in [0.25, 0.3) is 0 Å². The zero-order valence-corrected chi connectivity index (χ0v) is 15.1. The van der Waals surface area contributed by atoms with Gasteiger partial charge in [-0.2, -0.15) is 0 Å². The summed E-state index contributed by atoms with van der Waals surface area (Å²) < 4.78 is 0. The Morgan fingerprint density at radius 2 is 1.67 bits per heavy atom. The predicted molar refractivity (Wildman–Crippen MR) is 92.3 cm³/mol. The fraction of sp³-hybridized carbons (Fsp3) is 1.00. The second kappa shape index (κ2) is 7.00. The quantitative estimate of drug-likeness (QED) is 0.844. The summed E-state index contributed by atoms with van der Waals surface area (Å²) in [5, 5.41) is 0. The maximum absolute atomic E-state index is 6.13. The molecule has 0 aromatic heterocycles. The lowest BCUT2D eigenvalue weighted by Crippen LogP contribution is -2.53. The maximum Gasteiger partial charge on any atom is 0.0139 e. The van der Waals surface area contributed by atoms with E-state index in [9.17, 15) is 0 Å². The molecule has 2 aliphatic rings. The lowest BCUT2D eigenvalue weighted by Gasteiger charge is -2.49. The molecule has 0 spiro atoms. The Balaban J connectivity index is 2.09. The highest BCUT2D eigenvalue weighted by atomic mass is 15.2. The van der Waals surface area contributed by atoms with Crippen molar-refractivity contribution in [3.05, 3.63) is 0 Å². The largest absolute Gasteiger partial charge is 0.330 e. The number of hydrogen-bond acceptors (Lipinski definition) is 2. The number of rotatable bonds is 4. The molecule has 0 aromatic carbocycles. The monoisotopic (exact) mass is 294 g/mol. The van der Waals surface area contributed by atoms with E-state index in [0.717, 1.165) is 36.3 Å². The Labute approximate surface area is 132 Å². The molecule has 1 saturated carbocycles. The maximum atomic E-state index is 6.13. The van der Waals surface area contributed by atoms with E-state index in [4.69, 9.17) is 5.73 Å². The summed E-state index contributed by atoms with van der Waals surface area (Å²) in [7, 11) is 0. The van der Waals surface area contributed by atoms with Crippen molar-refractivity contribution in [3.63, 3.8) is 0 Å². The van der Waals surface area contributed by atoms with Crippen LogP contribution in [0.1, 0.15) is 66.7 Å². The minimum atomic E-state index is 0.491. The first-order valence-corrected chi connectivity index (χ1v) is 9.31. The number of nitrogens with two attached hydrogens (primary N) is 1. The Morgan fingerprint density at radius 1 is 1.05 bits per heavy atom. The fourth-order valence-corrected chi connectivity index (χ4v) is 4.91. The number of hydrogen-bond donors (Lipinski definition) is 1. The van der Waals surface area contributed by atoms with Gasteiger partial charge in [-0.15, -0.1) is 0 Å². The first-order chi connectivity index (χ1) is 9.87. The predicted octanol–water partition coefficient (Wildman–Crippen LogP) is 4.14. The van der Waals surface area contributed by atoms with Gasteiger partial charge in [-0.1, -0.05) is 41.0 Å². The summed E-state index contributed by atoms with van der Waals surface area (Å²) in [6.45, 7) is 15.6. The number of piperidine rings is 1. The number of nitrogens with zero attached hydrogens (tertiary/aromatic N) is 1. The van der Waals surface area contributed by atoms with Crippen LogP contribution in [0.15, 0.2) is 0 Å². The van der Waals surface area contributed by atoms with Gasteiger partial charge in [0, 0.05) is 19.1 Å². The highest BCUT2D eigenvalue weighted by Crippen LogP contribution is 2.44. The second-order valence-corrected chi connectivity index (χ2v) is 8.82. The molecule has 2 fully saturated rings. The average molecular weight is 295 g/mol. The highest BCUT2D eigenvalue weighted by molar-refractivity contribution is 4.93. The van der Waals surface area contributed by atoms with Crippen LogP contribution in [0.3, 0.4) is 0 Å². The molecule has 5 unspecified atom stereocenters. The van der Waals surface area contributed by atoms with Crippen molar-refractivity contribution in [2.24, 2.45) is 34.8 Å². The van der Waals surface area contributed by atoms with E-state index in [1.54, 1.807) is 0 Å². The summed E-state index contributed by atoms with van der Waals surface area (Å²) in [6.07, 6.45) is 6.81. The van der Waals surface area contributed by atoms with Gasteiger partial charge in [-0.05, 0) is 61.3 Å². The van der Waals surface area contributed by atoms with Crippen molar-refractivity contribution in [2.45, 2.75) is 72.8 Å². The molecular formula is C19H38N2. The Morgan fingerprint density at radius 3 is 2.19 bits per heavy atom. The molecular weight excluding hydrogens is 256 g/mol. The minimum Gasteiger partial charge on any atom is -0.330 e. The lowest BCUT2D eigenvalue weighted by molar-refractivity contribution is 0.00574. The van der Waals surface area contributed by atoms with E-state index in [1.165, 1.54) is 45.2 Å². The third-order valence-corrected chi connectivity index (χ3v) is 6.64. The van der Waals surface area contributed by atoms with Crippen LogP contribution in [0.2, 0.25) is 0 Å². The second-order valence-electron chi connectivity index (χ2n) is 8.82. The van der Waals surface area contributed by atoms with Crippen molar-refractivity contribution < 1.29 is 0 Å². The Kier molecular flexibility index (Phi) is 5.76. The Bertz CT molecular complexity index is 316. The van der Waals surface area contributed by atoms with Crippen LogP contribution in [0, 0.1) is 29.1 Å². The third kappa shape index (κ3) is 4.01. The fourth-order valence-electron chi connectivity index (χ4n) is 4.91. The summed E-state index contributed by atoms with van der Waals surface area (Å²) in [4.78, 5) is 2.81. The van der Waals surface area contributed by atoms with Crippen LogP contribution >= 0.6 is 0 Å². The average Bonchev–Trinajstić information content (AvgIpc) is 2.45. The van der Waals surface area contributed by atoms with Crippen molar-refractivity contribution in [3.8, 4) is 0 Å². The molecule has 2 N–H and O–H groups in total. The molecule has 0 bridgehead atoms. The van der Waals surface area contributed by atoms with E-state index in [1.807, 2.05) is 0 Å². The standard InChI is InChI=1S/C19H38N2/c1-6-19(4,5)17-8-7-16(11-20)18(10-17)21-12-14(2)9-15(3)13-21/h14-18H,6-13,20H2,1-5H3. The van der Waals surface area contributed by atoms with Gasteiger partial charge in [-0.25, -0.2) is 0 Å². The van der Waals surface area contributed by atoms with Gasteiger partial charge in [0.15, 0.2) is 0 Å².